The molecule has 1 aromatic rings. The van der Waals surface area contributed by atoms with Crippen LogP contribution in [-0.4, -0.2) is 47.7 Å². The van der Waals surface area contributed by atoms with Crippen LogP contribution < -0.4 is 0 Å². The van der Waals surface area contributed by atoms with Crippen LogP contribution in [0.3, 0.4) is 0 Å². The van der Waals surface area contributed by atoms with Gasteiger partial charge in [-0.2, -0.15) is 0 Å². The Bertz CT molecular complexity index is 600. The smallest absolute Gasteiger partial charge is 0.143 e. The minimum Gasteiger partial charge on any atom is -0.356 e. The first-order valence-electron chi connectivity index (χ1n) is 7.34. The SMILES string of the molecule is C1=C(N2CCCC2)N=C(c2ccccc2)N2CCN=C12.Cl. The summed E-state index contributed by atoms with van der Waals surface area (Å²) in [5, 5.41) is 0. The normalized spacial score (nSPS) is 20.5. The molecule has 1 aromatic carbocycles. The van der Waals surface area contributed by atoms with E-state index in [2.05, 4.69) is 45.1 Å². The monoisotopic (exact) mass is 302 g/mol. The van der Waals surface area contributed by atoms with E-state index in [1.807, 2.05) is 6.07 Å². The highest BCUT2D eigenvalue weighted by Crippen LogP contribution is 2.23. The number of halogens is 1. The molecule has 0 spiro atoms. The summed E-state index contributed by atoms with van der Waals surface area (Å²) in [6, 6.07) is 10.4. The lowest BCUT2D eigenvalue weighted by Gasteiger charge is -2.28. The van der Waals surface area contributed by atoms with Crippen LogP contribution in [0.1, 0.15) is 18.4 Å². The first kappa shape index (κ1) is 14.1. The Balaban J connectivity index is 0.00000132. The summed E-state index contributed by atoms with van der Waals surface area (Å²) < 4.78 is 0. The van der Waals surface area contributed by atoms with Crippen LogP contribution in [0.4, 0.5) is 0 Å². The van der Waals surface area contributed by atoms with Gasteiger partial charge in [-0.1, -0.05) is 30.3 Å². The summed E-state index contributed by atoms with van der Waals surface area (Å²) in [4.78, 5) is 14.1. The number of hydrogen-bond acceptors (Lipinski definition) is 4. The van der Waals surface area contributed by atoms with E-state index in [4.69, 9.17) is 4.99 Å². The van der Waals surface area contributed by atoms with Crippen molar-refractivity contribution in [3.05, 3.63) is 47.8 Å². The molecule has 0 atom stereocenters. The van der Waals surface area contributed by atoms with Crippen LogP contribution in [0.25, 0.3) is 0 Å². The third-order valence-electron chi connectivity index (χ3n) is 4.07. The molecule has 21 heavy (non-hydrogen) atoms. The maximum Gasteiger partial charge on any atom is 0.143 e. The molecule has 0 radical (unpaired) electrons. The predicted molar refractivity (Wildman–Crippen MR) is 88.1 cm³/mol. The molecule has 0 bridgehead atoms. The second-order valence-corrected chi connectivity index (χ2v) is 5.39. The van der Waals surface area contributed by atoms with Crippen molar-refractivity contribution < 1.29 is 0 Å². The maximum absolute atomic E-state index is 4.93. The zero-order chi connectivity index (χ0) is 13.4. The van der Waals surface area contributed by atoms with E-state index in [1.54, 1.807) is 0 Å². The van der Waals surface area contributed by atoms with Crippen LogP contribution in [-0.2, 0) is 0 Å². The highest BCUT2D eigenvalue weighted by Gasteiger charge is 2.28. The number of aliphatic imine (C=N–C) groups is 2. The van der Waals surface area contributed by atoms with E-state index in [9.17, 15) is 0 Å². The zero-order valence-electron chi connectivity index (χ0n) is 11.9. The third-order valence-corrected chi connectivity index (χ3v) is 4.07. The second-order valence-electron chi connectivity index (χ2n) is 5.39. The van der Waals surface area contributed by atoms with Gasteiger partial charge in [0.15, 0.2) is 0 Å². The average Bonchev–Trinajstić information content (AvgIpc) is 3.18. The Morgan fingerprint density at radius 1 is 0.952 bits per heavy atom. The summed E-state index contributed by atoms with van der Waals surface area (Å²) in [7, 11) is 0. The van der Waals surface area contributed by atoms with E-state index < -0.39 is 0 Å². The maximum atomic E-state index is 4.93. The average molecular weight is 303 g/mol. The molecule has 0 saturated carbocycles. The summed E-state index contributed by atoms with van der Waals surface area (Å²) in [6.07, 6.45) is 4.68. The van der Waals surface area contributed by atoms with Gasteiger partial charge in [-0.25, -0.2) is 4.99 Å². The van der Waals surface area contributed by atoms with E-state index >= 15 is 0 Å². The Hall–Kier alpha value is -1.81. The van der Waals surface area contributed by atoms with Gasteiger partial charge < -0.3 is 9.80 Å². The number of hydrogen-bond donors (Lipinski definition) is 0. The van der Waals surface area contributed by atoms with Gasteiger partial charge in [0, 0.05) is 31.3 Å². The minimum absolute atomic E-state index is 0. The molecule has 0 N–H and O–H groups in total. The van der Waals surface area contributed by atoms with Crippen LogP contribution in [0.5, 0.6) is 0 Å². The van der Waals surface area contributed by atoms with Crippen molar-refractivity contribution in [3.63, 3.8) is 0 Å². The van der Waals surface area contributed by atoms with Gasteiger partial charge in [-0.05, 0) is 12.8 Å². The fourth-order valence-corrected chi connectivity index (χ4v) is 3.03. The van der Waals surface area contributed by atoms with Crippen molar-refractivity contribution in [2.75, 3.05) is 26.2 Å². The lowest BCUT2D eigenvalue weighted by atomic mass is 10.1. The fourth-order valence-electron chi connectivity index (χ4n) is 3.03. The fraction of sp³-hybridized carbons (Fsp3) is 0.375. The van der Waals surface area contributed by atoms with Crippen LogP contribution in [0, 0.1) is 0 Å². The number of fused-ring (bicyclic) bond motifs is 1. The molecule has 3 heterocycles. The van der Waals surface area contributed by atoms with Gasteiger partial charge in [0.2, 0.25) is 0 Å². The highest BCUT2D eigenvalue weighted by atomic mass is 35.5. The first-order chi connectivity index (χ1) is 9.92. The topological polar surface area (TPSA) is 31.2 Å². The Morgan fingerprint density at radius 2 is 1.71 bits per heavy atom. The minimum atomic E-state index is 0. The first-order valence-corrected chi connectivity index (χ1v) is 7.34. The summed E-state index contributed by atoms with van der Waals surface area (Å²) in [5.74, 6) is 3.20. The van der Waals surface area contributed by atoms with Gasteiger partial charge >= 0.3 is 0 Å². The molecule has 1 fully saturated rings. The van der Waals surface area contributed by atoms with E-state index in [0.717, 1.165) is 43.7 Å². The van der Waals surface area contributed by atoms with Crippen molar-refractivity contribution >= 4 is 24.1 Å². The van der Waals surface area contributed by atoms with Crippen molar-refractivity contribution in [1.82, 2.24) is 9.80 Å². The van der Waals surface area contributed by atoms with Gasteiger partial charge in [0.05, 0.1) is 6.54 Å². The van der Waals surface area contributed by atoms with Crippen molar-refractivity contribution in [2.45, 2.75) is 12.8 Å². The number of amidine groups is 2. The van der Waals surface area contributed by atoms with Crippen molar-refractivity contribution in [2.24, 2.45) is 9.98 Å². The number of likely N-dealkylation sites (tertiary alicyclic amines) is 1. The zero-order valence-corrected chi connectivity index (χ0v) is 12.7. The van der Waals surface area contributed by atoms with Gasteiger partial charge in [0.25, 0.3) is 0 Å². The molecule has 5 heteroatoms. The van der Waals surface area contributed by atoms with Crippen LogP contribution in [0.15, 0.2) is 52.2 Å². The lowest BCUT2D eigenvalue weighted by molar-refractivity contribution is 0.419. The van der Waals surface area contributed by atoms with Crippen molar-refractivity contribution in [3.8, 4) is 0 Å². The summed E-state index contributed by atoms with van der Waals surface area (Å²) >= 11 is 0. The quantitative estimate of drug-likeness (QED) is 0.840. The predicted octanol–water partition coefficient (Wildman–Crippen LogP) is 2.52. The number of nitrogens with zero attached hydrogens (tertiary/aromatic N) is 4. The molecular formula is C16H19ClN4. The Labute approximate surface area is 131 Å². The molecule has 3 aliphatic rings. The van der Waals surface area contributed by atoms with E-state index in [1.165, 1.54) is 18.4 Å². The Morgan fingerprint density at radius 3 is 2.48 bits per heavy atom. The second kappa shape index (κ2) is 5.90. The number of rotatable bonds is 2. The molecule has 4 nitrogen and oxygen atoms in total. The molecule has 1 saturated heterocycles. The molecule has 0 unspecified atom stereocenters. The molecule has 4 rings (SSSR count). The molecule has 3 aliphatic heterocycles. The van der Waals surface area contributed by atoms with Crippen LogP contribution in [0.2, 0.25) is 0 Å². The molecule has 110 valence electrons. The lowest BCUT2D eigenvalue weighted by Crippen LogP contribution is -2.38. The highest BCUT2D eigenvalue weighted by molar-refractivity contribution is 6.15. The van der Waals surface area contributed by atoms with Crippen molar-refractivity contribution in [1.29, 1.82) is 0 Å². The largest absolute Gasteiger partial charge is 0.356 e. The van der Waals surface area contributed by atoms with E-state index in [-0.39, 0.29) is 12.4 Å². The van der Waals surface area contributed by atoms with E-state index in [0.29, 0.717) is 0 Å². The molecule has 0 amide bonds. The van der Waals surface area contributed by atoms with Gasteiger partial charge in [0.1, 0.15) is 17.5 Å². The molecule has 0 aromatic heterocycles. The Kier molecular flexibility index (Phi) is 3.97. The third kappa shape index (κ3) is 2.56. The van der Waals surface area contributed by atoms with Gasteiger partial charge in [-0.3, -0.25) is 4.99 Å². The standard InChI is InChI=1S/C16H18N4.ClH/c1-2-6-13(7-3-1)16-18-15(19-9-4-5-10-19)12-14-17-8-11-20(14)16;/h1-3,6-7,12H,4-5,8-11H2;1H. The number of benzene rings is 1. The van der Waals surface area contributed by atoms with Gasteiger partial charge in [-0.15, -0.1) is 12.4 Å². The van der Waals surface area contributed by atoms with Crippen LogP contribution >= 0.6 is 12.4 Å². The molecular weight excluding hydrogens is 284 g/mol. The summed E-state index contributed by atoms with van der Waals surface area (Å²) in [5.41, 5.74) is 1.17. The molecule has 0 aliphatic carbocycles. The summed E-state index contributed by atoms with van der Waals surface area (Å²) in [6.45, 7) is 4.03.